The first-order valence-electron chi connectivity index (χ1n) is 6.22. The van der Waals surface area contributed by atoms with Gasteiger partial charge in [-0.3, -0.25) is 0 Å². The highest BCUT2D eigenvalue weighted by molar-refractivity contribution is 5.29. The average Bonchev–Trinajstić information content (AvgIpc) is 2.28. The Bertz CT molecular complexity index is 339. The molecule has 0 heterocycles. The minimum atomic E-state index is -0.243. The Balaban J connectivity index is 2.20. The lowest BCUT2D eigenvalue weighted by Crippen LogP contribution is -2.23. The van der Waals surface area contributed by atoms with E-state index in [1.807, 2.05) is 6.07 Å². The van der Waals surface area contributed by atoms with Gasteiger partial charge in [-0.2, -0.15) is 0 Å². The summed E-state index contributed by atoms with van der Waals surface area (Å²) in [6, 6.07) is 5.75. The van der Waals surface area contributed by atoms with E-state index in [9.17, 15) is 4.39 Å². The van der Waals surface area contributed by atoms with Crippen LogP contribution in [0.5, 0.6) is 5.75 Å². The standard InChI is InChI=1S/C14H22FNO/c1-11(2)16-9-4-5-10-17-13-8-6-7-12(3)14(13)15/h6-8,11,16H,4-5,9-10H2,1-3H3. The SMILES string of the molecule is Cc1cccc(OCCCCNC(C)C)c1F. The fraction of sp³-hybridized carbons (Fsp3) is 0.571. The summed E-state index contributed by atoms with van der Waals surface area (Å²) in [5, 5.41) is 3.34. The van der Waals surface area contributed by atoms with Crippen molar-refractivity contribution in [2.24, 2.45) is 0 Å². The van der Waals surface area contributed by atoms with Crippen molar-refractivity contribution in [2.45, 2.75) is 39.7 Å². The van der Waals surface area contributed by atoms with E-state index in [-0.39, 0.29) is 5.82 Å². The third-order valence-electron chi connectivity index (χ3n) is 2.54. The van der Waals surface area contributed by atoms with Crippen molar-refractivity contribution >= 4 is 0 Å². The van der Waals surface area contributed by atoms with Gasteiger partial charge in [0, 0.05) is 6.04 Å². The molecule has 0 amide bonds. The van der Waals surface area contributed by atoms with Gasteiger partial charge in [0.2, 0.25) is 0 Å². The number of ether oxygens (including phenoxy) is 1. The molecule has 1 rings (SSSR count). The van der Waals surface area contributed by atoms with Crippen molar-refractivity contribution in [1.82, 2.24) is 5.32 Å². The molecule has 1 N–H and O–H groups in total. The van der Waals surface area contributed by atoms with Crippen molar-refractivity contribution in [3.05, 3.63) is 29.6 Å². The second kappa shape index (κ2) is 7.28. The Labute approximate surface area is 103 Å². The average molecular weight is 239 g/mol. The van der Waals surface area contributed by atoms with Gasteiger partial charge in [0.25, 0.3) is 0 Å². The Morgan fingerprint density at radius 2 is 2.06 bits per heavy atom. The lowest BCUT2D eigenvalue weighted by molar-refractivity contribution is 0.290. The molecular formula is C14H22FNO. The number of rotatable bonds is 7. The van der Waals surface area contributed by atoms with Crippen LogP contribution in [0.2, 0.25) is 0 Å². The molecule has 0 saturated carbocycles. The molecule has 17 heavy (non-hydrogen) atoms. The van der Waals surface area contributed by atoms with Crippen LogP contribution in [0.4, 0.5) is 4.39 Å². The zero-order valence-corrected chi connectivity index (χ0v) is 10.9. The van der Waals surface area contributed by atoms with Gasteiger partial charge in [0.05, 0.1) is 6.61 Å². The number of aryl methyl sites for hydroxylation is 1. The minimum Gasteiger partial charge on any atom is -0.491 e. The monoisotopic (exact) mass is 239 g/mol. The second-order valence-corrected chi connectivity index (χ2v) is 4.55. The fourth-order valence-electron chi connectivity index (χ4n) is 1.53. The summed E-state index contributed by atoms with van der Waals surface area (Å²) in [7, 11) is 0. The Kier molecular flexibility index (Phi) is 5.98. The summed E-state index contributed by atoms with van der Waals surface area (Å²) < 4.78 is 19.0. The van der Waals surface area contributed by atoms with E-state index in [0.29, 0.717) is 24.0 Å². The van der Waals surface area contributed by atoms with Crippen LogP contribution in [-0.2, 0) is 0 Å². The molecule has 0 aliphatic carbocycles. The zero-order chi connectivity index (χ0) is 12.7. The van der Waals surface area contributed by atoms with E-state index in [0.717, 1.165) is 19.4 Å². The number of hydrogen-bond acceptors (Lipinski definition) is 2. The molecule has 1 aromatic rings. The highest BCUT2D eigenvalue weighted by atomic mass is 19.1. The first kappa shape index (κ1) is 14.0. The maximum atomic E-state index is 13.5. The molecule has 2 nitrogen and oxygen atoms in total. The van der Waals surface area contributed by atoms with Gasteiger partial charge in [-0.05, 0) is 37.9 Å². The molecule has 0 aromatic heterocycles. The van der Waals surface area contributed by atoms with Crippen molar-refractivity contribution in [1.29, 1.82) is 0 Å². The van der Waals surface area contributed by atoms with Crippen LogP contribution in [0.3, 0.4) is 0 Å². The van der Waals surface area contributed by atoms with Crippen LogP contribution < -0.4 is 10.1 Å². The zero-order valence-electron chi connectivity index (χ0n) is 10.9. The van der Waals surface area contributed by atoms with Crippen molar-refractivity contribution < 1.29 is 9.13 Å². The van der Waals surface area contributed by atoms with Crippen LogP contribution in [0.15, 0.2) is 18.2 Å². The lowest BCUT2D eigenvalue weighted by Gasteiger charge is -2.10. The van der Waals surface area contributed by atoms with Crippen molar-refractivity contribution in [2.75, 3.05) is 13.2 Å². The Hall–Kier alpha value is -1.09. The van der Waals surface area contributed by atoms with E-state index >= 15 is 0 Å². The summed E-state index contributed by atoms with van der Waals surface area (Å²) >= 11 is 0. The van der Waals surface area contributed by atoms with Gasteiger partial charge < -0.3 is 10.1 Å². The van der Waals surface area contributed by atoms with E-state index in [2.05, 4.69) is 19.2 Å². The van der Waals surface area contributed by atoms with Crippen LogP contribution in [0.1, 0.15) is 32.3 Å². The van der Waals surface area contributed by atoms with E-state index in [4.69, 9.17) is 4.74 Å². The molecule has 0 unspecified atom stereocenters. The smallest absolute Gasteiger partial charge is 0.167 e. The highest BCUT2D eigenvalue weighted by Gasteiger charge is 2.04. The van der Waals surface area contributed by atoms with Gasteiger partial charge in [0.15, 0.2) is 11.6 Å². The molecule has 0 atom stereocenters. The van der Waals surface area contributed by atoms with Crippen LogP contribution >= 0.6 is 0 Å². The van der Waals surface area contributed by atoms with Crippen LogP contribution in [0, 0.1) is 12.7 Å². The molecule has 0 aliphatic heterocycles. The minimum absolute atomic E-state index is 0.243. The van der Waals surface area contributed by atoms with Gasteiger partial charge >= 0.3 is 0 Å². The Morgan fingerprint density at radius 3 is 2.76 bits per heavy atom. The molecule has 0 radical (unpaired) electrons. The highest BCUT2D eigenvalue weighted by Crippen LogP contribution is 2.19. The molecule has 1 aromatic carbocycles. The fourth-order valence-corrected chi connectivity index (χ4v) is 1.53. The van der Waals surface area contributed by atoms with Crippen LogP contribution in [0.25, 0.3) is 0 Å². The van der Waals surface area contributed by atoms with E-state index in [1.165, 1.54) is 0 Å². The normalized spacial score (nSPS) is 10.9. The quantitative estimate of drug-likeness (QED) is 0.737. The molecule has 96 valence electrons. The van der Waals surface area contributed by atoms with Crippen LogP contribution in [-0.4, -0.2) is 19.2 Å². The summed E-state index contributed by atoms with van der Waals surface area (Å²) in [5.74, 6) is 0.120. The number of halogens is 1. The number of nitrogens with one attached hydrogen (secondary N) is 1. The maximum Gasteiger partial charge on any atom is 0.167 e. The van der Waals surface area contributed by atoms with E-state index < -0.39 is 0 Å². The largest absolute Gasteiger partial charge is 0.491 e. The third kappa shape index (κ3) is 5.18. The van der Waals surface area contributed by atoms with Gasteiger partial charge in [-0.25, -0.2) is 4.39 Å². The van der Waals surface area contributed by atoms with E-state index in [1.54, 1.807) is 19.1 Å². The first-order chi connectivity index (χ1) is 8.11. The van der Waals surface area contributed by atoms with Crippen molar-refractivity contribution in [3.8, 4) is 5.75 Å². The molecule has 0 bridgehead atoms. The van der Waals surface area contributed by atoms with Crippen molar-refractivity contribution in [3.63, 3.8) is 0 Å². The second-order valence-electron chi connectivity index (χ2n) is 4.55. The summed E-state index contributed by atoms with van der Waals surface area (Å²) in [6.45, 7) is 7.55. The number of hydrogen-bond donors (Lipinski definition) is 1. The predicted molar refractivity (Wildman–Crippen MR) is 69.0 cm³/mol. The number of unbranched alkanes of at least 4 members (excludes halogenated alkanes) is 1. The topological polar surface area (TPSA) is 21.3 Å². The molecule has 0 saturated heterocycles. The van der Waals surface area contributed by atoms with Gasteiger partial charge in [-0.1, -0.05) is 26.0 Å². The molecule has 0 fully saturated rings. The lowest BCUT2D eigenvalue weighted by atomic mass is 10.2. The number of benzene rings is 1. The molecule has 3 heteroatoms. The Morgan fingerprint density at radius 1 is 1.29 bits per heavy atom. The maximum absolute atomic E-state index is 13.5. The summed E-state index contributed by atoms with van der Waals surface area (Å²) in [4.78, 5) is 0. The molecular weight excluding hydrogens is 217 g/mol. The first-order valence-corrected chi connectivity index (χ1v) is 6.22. The summed E-state index contributed by atoms with van der Waals surface area (Å²) in [5.41, 5.74) is 0.629. The van der Waals surface area contributed by atoms with Gasteiger partial charge in [-0.15, -0.1) is 0 Å². The molecule has 0 spiro atoms. The van der Waals surface area contributed by atoms with Gasteiger partial charge in [0.1, 0.15) is 0 Å². The summed E-state index contributed by atoms with van der Waals surface area (Å²) in [6.07, 6.45) is 1.98. The third-order valence-corrected chi connectivity index (χ3v) is 2.54. The predicted octanol–water partition coefficient (Wildman–Crippen LogP) is 3.29. The molecule has 0 aliphatic rings.